The van der Waals surface area contributed by atoms with E-state index >= 15 is 0 Å². The molecule has 21 heavy (non-hydrogen) atoms. The maximum absolute atomic E-state index is 13.2. The molecule has 0 aliphatic rings. The summed E-state index contributed by atoms with van der Waals surface area (Å²) < 4.78 is 13.8. The van der Waals surface area contributed by atoms with Crippen LogP contribution < -0.4 is 5.32 Å². The van der Waals surface area contributed by atoms with E-state index in [4.69, 9.17) is 0 Å². The lowest BCUT2D eigenvalue weighted by Crippen LogP contribution is -2.27. The van der Waals surface area contributed by atoms with Gasteiger partial charge in [0, 0.05) is 6.04 Å². The van der Waals surface area contributed by atoms with Crippen molar-refractivity contribution in [3.05, 3.63) is 34.1 Å². The highest BCUT2D eigenvalue weighted by molar-refractivity contribution is 9.10. The molecular weight excluding hydrogens is 329 g/mol. The van der Waals surface area contributed by atoms with Crippen LogP contribution in [-0.2, 0) is 6.42 Å². The van der Waals surface area contributed by atoms with Crippen molar-refractivity contribution in [1.29, 1.82) is 0 Å². The topological polar surface area (TPSA) is 12.0 Å². The predicted octanol–water partition coefficient (Wildman–Crippen LogP) is 5.86. The molecule has 1 aromatic rings. The summed E-state index contributed by atoms with van der Waals surface area (Å²) in [6.07, 6.45) is 11.6. The zero-order valence-corrected chi connectivity index (χ0v) is 15.0. The number of hydrogen-bond donors (Lipinski definition) is 1. The number of nitrogens with one attached hydrogen (secondary N) is 1. The third-order valence-corrected chi connectivity index (χ3v) is 4.64. The maximum atomic E-state index is 13.2. The summed E-state index contributed by atoms with van der Waals surface area (Å²) in [5.41, 5.74) is 1.19. The molecule has 0 aromatic heterocycles. The van der Waals surface area contributed by atoms with E-state index in [1.807, 2.05) is 19.2 Å². The second-order valence-corrected chi connectivity index (χ2v) is 6.70. The third kappa shape index (κ3) is 7.96. The quantitative estimate of drug-likeness (QED) is 0.489. The Balaban J connectivity index is 2.23. The molecular formula is C18H29BrFN. The average molecular weight is 358 g/mol. The van der Waals surface area contributed by atoms with Gasteiger partial charge in [-0.15, -0.1) is 0 Å². The maximum Gasteiger partial charge on any atom is 0.137 e. The van der Waals surface area contributed by atoms with Gasteiger partial charge >= 0.3 is 0 Å². The zero-order valence-electron chi connectivity index (χ0n) is 13.4. The second kappa shape index (κ2) is 11.2. The summed E-state index contributed by atoms with van der Waals surface area (Å²) in [5.74, 6) is -0.188. The lowest BCUT2D eigenvalue weighted by molar-refractivity contribution is 0.478. The number of likely N-dealkylation sites (N-methyl/N-ethyl adjacent to an activating group) is 1. The summed E-state index contributed by atoms with van der Waals surface area (Å²) in [7, 11) is 2.02. The molecule has 0 fully saturated rings. The van der Waals surface area contributed by atoms with Gasteiger partial charge in [0.2, 0.25) is 0 Å². The first-order valence-corrected chi connectivity index (χ1v) is 9.07. The average Bonchev–Trinajstić information content (AvgIpc) is 2.48. The van der Waals surface area contributed by atoms with Crippen LogP contribution >= 0.6 is 15.9 Å². The van der Waals surface area contributed by atoms with Crippen molar-refractivity contribution in [2.24, 2.45) is 0 Å². The molecule has 0 spiro atoms. The first-order chi connectivity index (χ1) is 10.2. The zero-order chi connectivity index (χ0) is 15.5. The van der Waals surface area contributed by atoms with Crippen LogP contribution in [0.4, 0.5) is 4.39 Å². The summed E-state index contributed by atoms with van der Waals surface area (Å²) in [6, 6.07) is 5.80. The minimum atomic E-state index is -0.188. The largest absolute Gasteiger partial charge is 0.317 e. The van der Waals surface area contributed by atoms with E-state index in [0.29, 0.717) is 10.5 Å². The molecule has 1 rings (SSSR count). The fraction of sp³-hybridized carbons (Fsp3) is 0.667. The van der Waals surface area contributed by atoms with Gasteiger partial charge in [0.25, 0.3) is 0 Å². The molecule has 3 heteroatoms. The highest BCUT2D eigenvalue weighted by atomic mass is 79.9. The minimum absolute atomic E-state index is 0.188. The molecule has 1 nitrogen and oxygen atoms in total. The van der Waals surface area contributed by atoms with Crippen LogP contribution in [0.15, 0.2) is 22.7 Å². The molecule has 120 valence electrons. The van der Waals surface area contributed by atoms with E-state index in [2.05, 4.69) is 28.2 Å². The van der Waals surface area contributed by atoms with Gasteiger partial charge in [-0.1, -0.05) is 57.9 Å². The van der Waals surface area contributed by atoms with Crippen LogP contribution in [0.3, 0.4) is 0 Å². The van der Waals surface area contributed by atoms with Crippen molar-refractivity contribution < 1.29 is 4.39 Å². The van der Waals surface area contributed by atoms with Crippen molar-refractivity contribution >= 4 is 15.9 Å². The Bertz CT molecular complexity index is 395. The third-order valence-electron chi connectivity index (χ3n) is 4.03. The van der Waals surface area contributed by atoms with Crippen molar-refractivity contribution in [3.8, 4) is 0 Å². The summed E-state index contributed by atoms with van der Waals surface area (Å²) in [5, 5.41) is 3.39. The number of unbranched alkanes of at least 4 members (excludes halogenated alkanes) is 6. The van der Waals surface area contributed by atoms with Gasteiger partial charge in [0.05, 0.1) is 4.47 Å². The second-order valence-electron chi connectivity index (χ2n) is 5.85. The molecule has 1 aromatic carbocycles. The van der Waals surface area contributed by atoms with Crippen LogP contribution in [0.2, 0.25) is 0 Å². The Morgan fingerprint density at radius 1 is 1.10 bits per heavy atom. The molecule has 1 unspecified atom stereocenters. The molecule has 0 bridgehead atoms. The summed E-state index contributed by atoms with van der Waals surface area (Å²) in [6.45, 7) is 2.26. The van der Waals surface area contributed by atoms with Crippen LogP contribution in [0, 0.1) is 5.82 Å². The molecule has 0 heterocycles. The van der Waals surface area contributed by atoms with Crippen molar-refractivity contribution in [2.45, 2.75) is 70.8 Å². The number of rotatable bonds is 11. The smallest absolute Gasteiger partial charge is 0.137 e. The van der Waals surface area contributed by atoms with E-state index in [0.717, 1.165) is 6.42 Å². The Kier molecular flexibility index (Phi) is 9.94. The lowest BCUT2D eigenvalue weighted by Gasteiger charge is -2.16. The number of halogens is 2. The Hall–Kier alpha value is -0.410. The fourth-order valence-corrected chi connectivity index (χ4v) is 3.07. The van der Waals surface area contributed by atoms with Gasteiger partial charge in [0.1, 0.15) is 5.82 Å². The van der Waals surface area contributed by atoms with Gasteiger partial charge in [-0.05, 0) is 53.5 Å². The van der Waals surface area contributed by atoms with Gasteiger partial charge < -0.3 is 5.32 Å². The standard InChI is InChI=1S/C18H29BrFN/c1-3-4-5-6-7-8-9-10-16(21-2)13-15-11-12-18(20)17(19)14-15/h11-12,14,16,21H,3-10,13H2,1-2H3. The molecule has 0 aliphatic carbocycles. The Morgan fingerprint density at radius 2 is 1.76 bits per heavy atom. The van der Waals surface area contributed by atoms with E-state index in [1.165, 1.54) is 56.9 Å². The monoisotopic (exact) mass is 357 g/mol. The van der Waals surface area contributed by atoms with E-state index in [1.54, 1.807) is 6.07 Å². The molecule has 0 saturated carbocycles. The normalized spacial score (nSPS) is 12.6. The molecule has 1 N–H and O–H groups in total. The molecule has 0 aliphatic heterocycles. The predicted molar refractivity (Wildman–Crippen MR) is 93.3 cm³/mol. The van der Waals surface area contributed by atoms with Gasteiger partial charge in [-0.2, -0.15) is 0 Å². The van der Waals surface area contributed by atoms with Crippen molar-refractivity contribution in [3.63, 3.8) is 0 Å². The summed E-state index contributed by atoms with van der Waals surface area (Å²) >= 11 is 3.26. The first kappa shape index (κ1) is 18.6. The molecule has 0 amide bonds. The van der Waals surface area contributed by atoms with E-state index < -0.39 is 0 Å². The van der Waals surface area contributed by atoms with Crippen molar-refractivity contribution in [1.82, 2.24) is 5.32 Å². The highest BCUT2D eigenvalue weighted by Crippen LogP contribution is 2.19. The lowest BCUT2D eigenvalue weighted by atomic mass is 9.99. The van der Waals surface area contributed by atoms with Gasteiger partial charge in [-0.25, -0.2) is 4.39 Å². The summed E-state index contributed by atoms with van der Waals surface area (Å²) in [4.78, 5) is 0. The Morgan fingerprint density at radius 3 is 2.38 bits per heavy atom. The minimum Gasteiger partial charge on any atom is -0.317 e. The number of hydrogen-bond acceptors (Lipinski definition) is 1. The molecule has 1 atom stereocenters. The van der Waals surface area contributed by atoms with Crippen LogP contribution in [0.5, 0.6) is 0 Å². The van der Waals surface area contributed by atoms with E-state index in [9.17, 15) is 4.39 Å². The Labute approximate surface area is 137 Å². The van der Waals surface area contributed by atoms with Gasteiger partial charge in [-0.3, -0.25) is 0 Å². The van der Waals surface area contributed by atoms with Crippen molar-refractivity contribution in [2.75, 3.05) is 7.05 Å². The first-order valence-electron chi connectivity index (χ1n) is 8.28. The number of benzene rings is 1. The van der Waals surface area contributed by atoms with Gasteiger partial charge in [0.15, 0.2) is 0 Å². The SMILES string of the molecule is CCCCCCCCCC(Cc1ccc(F)c(Br)c1)NC. The fourth-order valence-electron chi connectivity index (χ4n) is 2.65. The van der Waals surface area contributed by atoms with Crippen LogP contribution in [-0.4, -0.2) is 13.1 Å². The highest BCUT2D eigenvalue weighted by Gasteiger charge is 2.08. The molecule has 0 saturated heterocycles. The van der Waals surface area contributed by atoms with Crippen LogP contribution in [0.25, 0.3) is 0 Å². The van der Waals surface area contributed by atoms with E-state index in [-0.39, 0.29) is 5.82 Å². The van der Waals surface area contributed by atoms with Crippen LogP contribution in [0.1, 0.15) is 63.9 Å². The molecule has 0 radical (unpaired) electrons.